The molecule has 2 N–H and O–H groups in total. The second kappa shape index (κ2) is 10.8. The van der Waals surface area contributed by atoms with Crippen molar-refractivity contribution in [2.75, 3.05) is 12.0 Å². The van der Waals surface area contributed by atoms with Crippen LogP contribution in [0.1, 0.15) is 16.7 Å². The number of ether oxygens (including phenoxy) is 2. The third-order valence-corrected chi connectivity index (χ3v) is 5.56. The number of halogens is 1. The number of hydrogen-bond donors (Lipinski definition) is 2. The monoisotopic (exact) mass is 502 g/mol. The average molecular weight is 502 g/mol. The number of amides is 4. The molecule has 8 nitrogen and oxygen atoms in total. The summed E-state index contributed by atoms with van der Waals surface area (Å²) >= 11 is 0. The summed E-state index contributed by atoms with van der Waals surface area (Å²) in [6, 6.07) is 13.8. The molecule has 37 heavy (non-hydrogen) atoms. The van der Waals surface area contributed by atoms with Crippen LogP contribution in [0.2, 0.25) is 0 Å². The predicted octanol–water partition coefficient (Wildman–Crippen LogP) is 4.51. The van der Waals surface area contributed by atoms with Crippen molar-refractivity contribution in [2.45, 2.75) is 13.0 Å². The summed E-state index contributed by atoms with van der Waals surface area (Å²) in [4.78, 5) is 39.0. The van der Waals surface area contributed by atoms with Crippen molar-refractivity contribution in [3.05, 3.63) is 101 Å². The van der Waals surface area contributed by atoms with Crippen LogP contribution in [-0.2, 0) is 22.6 Å². The summed E-state index contributed by atoms with van der Waals surface area (Å²) in [7, 11) is 1.46. The van der Waals surface area contributed by atoms with Gasteiger partial charge in [0.15, 0.2) is 11.5 Å². The van der Waals surface area contributed by atoms with Crippen LogP contribution in [0.15, 0.2) is 78.9 Å². The van der Waals surface area contributed by atoms with Gasteiger partial charge in [-0.05, 0) is 72.2 Å². The number of nitrogens with zero attached hydrogens (tertiary/aromatic N) is 1. The van der Waals surface area contributed by atoms with Gasteiger partial charge in [-0.15, -0.1) is 6.58 Å². The van der Waals surface area contributed by atoms with Gasteiger partial charge in [-0.1, -0.05) is 18.2 Å². The van der Waals surface area contributed by atoms with E-state index in [0.717, 1.165) is 10.5 Å². The number of carbonyl (C=O) groups is 3. The molecule has 0 radical (unpaired) electrons. The van der Waals surface area contributed by atoms with Crippen molar-refractivity contribution >= 4 is 29.6 Å². The summed E-state index contributed by atoms with van der Waals surface area (Å²) in [6.07, 6.45) is 3.42. The number of imide groups is 2. The molecule has 0 spiro atoms. The minimum Gasteiger partial charge on any atom is -0.508 e. The van der Waals surface area contributed by atoms with Crippen molar-refractivity contribution in [2.24, 2.45) is 0 Å². The highest BCUT2D eigenvalue weighted by Gasteiger charge is 2.36. The zero-order chi connectivity index (χ0) is 26.5. The van der Waals surface area contributed by atoms with Gasteiger partial charge in [0.1, 0.15) is 23.7 Å². The van der Waals surface area contributed by atoms with Gasteiger partial charge in [0.2, 0.25) is 0 Å². The van der Waals surface area contributed by atoms with Crippen molar-refractivity contribution < 1.29 is 33.4 Å². The van der Waals surface area contributed by atoms with Gasteiger partial charge in [-0.3, -0.25) is 14.9 Å². The van der Waals surface area contributed by atoms with E-state index in [1.807, 2.05) is 0 Å². The Labute approximate surface area is 212 Å². The van der Waals surface area contributed by atoms with E-state index in [9.17, 15) is 23.9 Å². The van der Waals surface area contributed by atoms with E-state index >= 15 is 0 Å². The lowest BCUT2D eigenvalue weighted by Gasteiger charge is -2.26. The number of phenolic OH excluding ortho intramolecular Hbond substituents is 1. The smallest absolute Gasteiger partial charge is 0.335 e. The van der Waals surface area contributed by atoms with Gasteiger partial charge in [0.25, 0.3) is 11.8 Å². The van der Waals surface area contributed by atoms with Crippen molar-refractivity contribution in [3.8, 4) is 17.2 Å². The number of benzene rings is 3. The minimum atomic E-state index is -0.896. The third-order valence-electron chi connectivity index (χ3n) is 5.56. The Kier molecular flexibility index (Phi) is 7.34. The lowest BCUT2D eigenvalue weighted by Crippen LogP contribution is -2.54. The molecule has 1 aliphatic heterocycles. The molecule has 0 saturated carbocycles. The van der Waals surface area contributed by atoms with Crippen LogP contribution in [0.3, 0.4) is 0 Å². The molecule has 3 aromatic rings. The van der Waals surface area contributed by atoms with E-state index < -0.39 is 17.8 Å². The normalized spacial score (nSPS) is 14.5. The van der Waals surface area contributed by atoms with Crippen LogP contribution >= 0.6 is 0 Å². The number of rotatable bonds is 8. The quantitative estimate of drug-likeness (QED) is 0.267. The summed E-state index contributed by atoms with van der Waals surface area (Å²) in [5.74, 6) is -1.26. The molecule has 1 saturated heterocycles. The lowest BCUT2D eigenvalue weighted by molar-refractivity contribution is -0.122. The maximum absolute atomic E-state index is 13.2. The SMILES string of the molecule is C=CCc1cc(/C=C2\C(=O)NC(=O)N(c3ccc(O)cc3)C2=O)cc(OC)c1OCc1ccc(F)cc1. The third kappa shape index (κ3) is 5.51. The molecule has 9 heteroatoms. The molecule has 0 unspecified atom stereocenters. The van der Waals surface area contributed by atoms with Crippen LogP contribution in [-0.4, -0.2) is 30.1 Å². The highest BCUT2D eigenvalue weighted by molar-refractivity contribution is 6.39. The molecule has 0 atom stereocenters. The summed E-state index contributed by atoms with van der Waals surface area (Å²) in [5, 5.41) is 11.7. The number of allylic oxidation sites excluding steroid dienone is 1. The highest BCUT2D eigenvalue weighted by Crippen LogP contribution is 2.35. The van der Waals surface area contributed by atoms with E-state index in [0.29, 0.717) is 29.0 Å². The second-order valence-electron chi connectivity index (χ2n) is 8.09. The number of barbiturate groups is 1. The van der Waals surface area contributed by atoms with Crippen molar-refractivity contribution in [3.63, 3.8) is 0 Å². The van der Waals surface area contributed by atoms with Gasteiger partial charge in [-0.25, -0.2) is 14.1 Å². The fourth-order valence-corrected chi connectivity index (χ4v) is 3.79. The first-order chi connectivity index (χ1) is 17.8. The number of nitrogens with one attached hydrogen (secondary N) is 1. The molecule has 188 valence electrons. The topological polar surface area (TPSA) is 105 Å². The van der Waals surface area contributed by atoms with Gasteiger partial charge >= 0.3 is 6.03 Å². The summed E-state index contributed by atoms with van der Waals surface area (Å²) < 4.78 is 24.7. The number of hydrogen-bond acceptors (Lipinski definition) is 6. The highest BCUT2D eigenvalue weighted by atomic mass is 19.1. The summed E-state index contributed by atoms with van der Waals surface area (Å²) in [6.45, 7) is 3.93. The van der Waals surface area contributed by atoms with E-state index in [1.165, 1.54) is 49.6 Å². The lowest BCUT2D eigenvalue weighted by atomic mass is 10.0. The molecular formula is C28H23FN2O6. The number of aromatic hydroxyl groups is 1. The molecule has 3 aromatic carbocycles. The largest absolute Gasteiger partial charge is 0.508 e. The molecule has 1 fully saturated rings. The van der Waals surface area contributed by atoms with E-state index in [-0.39, 0.29) is 29.4 Å². The first kappa shape index (κ1) is 25.2. The molecule has 0 bridgehead atoms. The van der Waals surface area contributed by atoms with E-state index in [4.69, 9.17) is 9.47 Å². The molecular weight excluding hydrogens is 479 g/mol. The number of phenols is 1. The van der Waals surface area contributed by atoms with E-state index in [2.05, 4.69) is 11.9 Å². The maximum atomic E-state index is 13.2. The van der Waals surface area contributed by atoms with Crippen LogP contribution in [0.5, 0.6) is 17.2 Å². The average Bonchev–Trinajstić information content (AvgIpc) is 2.88. The first-order valence-electron chi connectivity index (χ1n) is 11.2. The van der Waals surface area contributed by atoms with Crippen LogP contribution in [0, 0.1) is 5.82 Å². The zero-order valence-corrected chi connectivity index (χ0v) is 19.9. The molecule has 4 rings (SSSR count). The Hall–Kier alpha value is -4.92. The molecule has 0 aromatic heterocycles. The van der Waals surface area contributed by atoms with Crippen molar-refractivity contribution in [1.29, 1.82) is 0 Å². The van der Waals surface area contributed by atoms with Crippen molar-refractivity contribution in [1.82, 2.24) is 5.32 Å². The Bertz CT molecular complexity index is 1400. The molecule has 0 aliphatic carbocycles. The van der Waals surface area contributed by atoms with Gasteiger partial charge in [-0.2, -0.15) is 0 Å². The Morgan fingerprint density at radius 3 is 2.41 bits per heavy atom. The molecule has 1 heterocycles. The van der Waals surface area contributed by atoms with Gasteiger partial charge in [0.05, 0.1) is 12.8 Å². The number of carbonyl (C=O) groups excluding carboxylic acids is 3. The Morgan fingerprint density at radius 2 is 1.76 bits per heavy atom. The second-order valence-corrected chi connectivity index (χ2v) is 8.09. The fraction of sp³-hybridized carbons (Fsp3) is 0.107. The molecule has 1 aliphatic rings. The standard InChI is InChI=1S/C28H23FN2O6/c1-3-4-19-13-18(15-24(36-2)25(19)37-16-17-5-7-20(29)8-6-17)14-23-26(33)30-28(35)31(27(23)34)21-9-11-22(32)12-10-21/h3,5-15,32H,1,4,16H2,2H3,(H,30,33,35)/b23-14+. The molecule has 4 amide bonds. The fourth-order valence-electron chi connectivity index (χ4n) is 3.79. The van der Waals surface area contributed by atoms with Gasteiger partial charge in [0, 0.05) is 5.56 Å². The predicted molar refractivity (Wildman–Crippen MR) is 135 cm³/mol. The van der Waals surface area contributed by atoms with Crippen LogP contribution in [0.25, 0.3) is 6.08 Å². The maximum Gasteiger partial charge on any atom is 0.335 e. The Balaban J connectivity index is 1.69. The van der Waals surface area contributed by atoms with E-state index in [1.54, 1.807) is 30.3 Å². The van der Waals surface area contributed by atoms with Crippen LogP contribution < -0.4 is 19.7 Å². The van der Waals surface area contributed by atoms with Gasteiger partial charge < -0.3 is 14.6 Å². The Morgan fingerprint density at radius 1 is 1.05 bits per heavy atom. The summed E-state index contributed by atoms with van der Waals surface area (Å²) in [5.41, 5.74) is 1.81. The number of urea groups is 1. The first-order valence-corrected chi connectivity index (χ1v) is 11.2. The number of anilines is 1. The van der Waals surface area contributed by atoms with Crippen LogP contribution in [0.4, 0.5) is 14.9 Å². The minimum absolute atomic E-state index is 0.0379. The number of methoxy groups -OCH3 is 1. The zero-order valence-electron chi connectivity index (χ0n) is 19.9.